The van der Waals surface area contributed by atoms with Gasteiger partial charge in [-0.1, -0.05) is 17.9 Å². The van der Waals surface area contributed by atoms with Crippen molar-refractivity contribution in [2.45, 2.75) is 32.8 Å². The summed E-state index contributed by atoms with van der Waals surface area (Å²) < 4.78 is 5.10. The molecule has 0 bridgehead atoms. The van der Waals surface area contributed by atoms with Gasteiger partial charge in [0.25, 0.3) is 0 Å². The lowest BCUT2D eigenvalue weighted by Gasteiger charge is -2.19. The average molecular weight is 288 g/mol. The SMILES string of the molecule is CC(C)(C)OC(=O)NCCC#Cc1cccc(C(N)=O)c1. The number of hydrogen-bond donors (Lipinski definition) is 2. The highest BCUT2D eigenvalue weighted by atomic mass is 16.6. The van der Waals surface area contributed by atoms with Crippen molar-refractivity contribution in [2.75, 3.05) is 6.54 Å². The van der Waals surface area contributed by atoms with Gasteiger partial charge in [-0.2, -0.15) is 0 Å². The molecule has 3 N–H and O–H groups in total. The van der Waals surface area contributed by atoms with Gasteiger partial charge in [0.1, 0.15) is 5.60 Å². The molecular weight excluding hydrogens is 268 g/mol. The Morgan fingerprint density at radius 2 is 2.05 bits per heavy atom. The number of nitrogens with two attached hydrogens (primary N) is 1. The summed E-state index contributed by atoms with van der Waals surface area (Å²) in [6.07, 6.45) is 0.0278. The van der Waals surface area contributed by atoms with Gasteiger partial charge < -0.3 is 15.8 Å². The van der Waals surface area contributed by atoms with Crippen molar-refractivity contribution < 1.29 is 14.3 Å². The first-order valence-electron chi connectivity index (χ1n) is 6.63. The smallest absolute Gasteiger partial charge is 0.407 e. The number of ether oxygens (including phenoxy) is 1. The Labute approximate surface area is 124 Å². The molecule has 0 aliphatic rings. The molecule has 0 fully saturated rings. The Bertz CT molecular complexity index is 577. The molecule has 0 atom stereocenters. The zero-order valence-corrected chi connectivity index (χ0v) is 12.5. The van der Waals surface area contributed by atoms with Crippen molar-refractivity contribution in [1.82, 2.24) is 5.32 Å². The predicted molar refractivity (Wildman–Crippen MR) is 80.7 cm³/mol. The highest BCUT2D eigenvalue weighted by molar-refractivity contribution is 5.93. The molecule has 2 amide bonds. The molecule has 0 radical (unpaired) electrons. The molecule has 0 aliphatic carbocycles. The maximum atomic E-state index is 11.4. The second kappa shape index (κ2) is 7.34. The summed E-state index contributed by atoms with van der Waals surface area (Å²) in [5, 5.41) is 2.62. The minimum absolute atomic E-state index is 0.400. The summed E-state index contributed by atoms with van der Waals surface area (Å²) in [6.45, 7) is 5.81. The lowest BCUT2D eigenvalue weighted by molar-refractivity contribution is 0.0529. The van der Waals surface area contributed by atoms with Gasteiger partial charge >= 0.3 is 6.09 Å². The number of carbonyl (C=O) groups is 2. The average Bonchev–Trinajstić information content (AvgIpc) is 2.36. The van der Waals surface area contributed by atoms with Crippen LogP contribution in [0.25, 0.3) is 0 Å². The van der Waals surface area contributed by atoms with Crippen LogP contribution in [-0.4, -0.2) is 24.1 Å². The number of primary amides is 1. The number of carbonyl (C=O) groups excluding carboxylic acids is 2. The van der Waals surface area contributed by atoms with Gasteiger partial charge in [0.2, 0.25) is 5.91 Å². The van der Waals surface area contributed by atoms with Crippen molar-refractivity contribution >= 4 is 12.0 Å². The summed E-state index contributed by atoms with van der Waals surface area (Å²) >= 11 is 0. The lowest BCUT2D eigenvalue weighted by Crippen LogP contribution is -2.32. The molecule has 1 aromatic rings. The number of amides is 2. The van der Waals surface area contributed by atoms with E-state index < -0.39 is 17.6 Å². The fraction of sp³-hybridized carbons (Fsp3) is 0.375. The third kappa shape index (κ3) is 7.02. The summed E-state index contributed by atoms with van der Waals surface area (Å²) in [5.41, 5.74) is 5.82. The van der Waals surface area contributed by atoms with Crippen molar-refractivity contribution in [3.63, 3.8) is 0 Å². The van der Waals surface area contributed by atoms with E-state index in [2.05, 4.69) is 17.2 Å². The number of hydrogen-bond acceptors (Lipinski definition) is 3. The molecule has 0 saturated heterocycles. The van der Waals surface area contributed by atoms with Gasteiger partial charge in [-0.15, -0.1) is 0 Å². The van der Waals surface area contributed by atoms with Crippen LogP contribution in [0.4, 0.5) is 4.79 Å². The topological polar surface area (TPSA) is 81.4 Å². The summed E-state index contributed by atoms with van der Waals surface area (Å²) in [6, 6.07) is 6.79. The molecule has 1 rings (SSSR count). The standard InChI is InChI=1S/C16H20N2O3/c1-16(2,3)21-15(20)18-10-5-4-7-12-8-6-9-13(11-12)14(17)19/h6,8-9,11H,5,10H2,1-3H3,(H2,17,19)(H,18,20). The molecule has 5 nitrogen and oxygen atoms in total. The molecule has 0 unspecified atom stereocenters. The van der Waals surface area contributed by atoms with Crippen LogP contribution in [0.3, 0.4) is 0 Å². The third-order valence-electron chi connectivity index (χ3n) is 2.30. The van der Waals surface area contributed by atoms with Gasteiger partial charge in [-0.3, -0.25) is 4.79 Å². The Balaban J connectivity index is 2.42. The second-order valence-corrected chi connectivity index (χ2v) is 5.43. The Hall–Kier alpha value is -2.48. The minimum Gasteiger partial charge on any atom is -0.444 e. The molecule has 0 saturated carbocycles. The molecule has 0 spiro atoms. The van der Waals surface area contributed by atoms with E-state index in [0.29, 0.717) is 24.1 Å². The number of benzene rings is 1. The number of rotatable bonds is 3. The van der Waals surface area contributed by atoms with E-state index >= 15 is 0 Å². The van der Waals surface area contributed by atoms with Crippen LogP contribution in [-0.2, 0) is 4.74 Å². The lowest BCUT2D eigenvalue weighted by atomic mass is 10.1. The molecule has 0 aliphatic heterocycles. The van der Waals surface area contributed by atoms with Crippen LogP contribution < -0.4 is 11.1 Å². The van der Waals surface area contributed by atoms with Crippen molar-refractivity contribution in [2.24, 2.45) is 5.73 Å². The summed E-state index contributed by atoms with van der Waals surface area (Å²) in [7, 11) is 0. The molecule has 1 aromatic carbocycles. The van der Waals surface area contributed by atoms with E-state index in [9.17, 15) is 9.59 Å². The van der Waals surface area contributed by atoms with Crippen LogP contribution in [0.1, 0.15) is 43.1 Å². The van der Waals surface area contributed by atoms with Gasteiger partial charge in [-0.05, 0) is 39.0 Å². The van der Waals surface area contributed by atoms with E-state index in [1.165, 1.54) is 0 Å². The maximum Gasteiger partial charge on any atom is 0.407 e. The largest absolute Gasteiger partial charge is 0.444 e. The molecule has 0 aromatic heterocycles. The normalized spacial score (nSPS) is 10.2. The summed E-state index contributed by atoms with van der Waals surface area (Å²) in [5.74, 6) is 5.34. The quantitative estimate of drug-likeness (QED) is 0.659. The van der Waals surface area contributed by atoms with Crippen LogP contribution in [0.5, 0.6) is 0 Å². The zero-order chi connectivity index (χ0) is 15.9. The third-order valence-corrected chi connectivity index (χ3v) is 2.30. The monoisotopic (exact) mass is 288 g/mol. The predicted octanol–water partition coefficient (Wildman–Crippen LogP) is 2.05. The number of nitrogens with one attached hydrogen (secondary N) is 1. The van der Waals surface area contributed by atoms with Gasteiger partial charge in [-0.25, -0.2) is 4.79 Å². The summed E-state index contributed by atoms with van der Waals surface area (Å²) in [4.78, 5) is 22.4. The van der Waals surface area contributed by atoms with Crippen LogP contribution in [0.15, 0.2) is 24.3 Å². The maximum absolute atomic E-state index is 11.4. The van der Waals surface area contributed by atoms with E-state index in [1.807, 2.05) is 0 Å². The Morgan fingerprint density at radius 1 is 1.33 bits per heavy atom. The van der Waals surface area contributed by atoms with E-state index in [0.717, 1.165) is 0 Å². The van der Waals surface area contributed by atoms with E-state index in [4.69, 9.17) is 10.5 Å². The first kappa shape index (κ1) is 16.6. The first-order chi connectivity index (χ1) is 9.78. The van der Waals surface area contributed by atoms with Crippen LogP contribution >= 0.6 is 0 Å². The minimum atomic E-state index is -0.509. The van der Waals surface area contributed by atoms with Crippen LogP contribution in [0.2, 0.25) is 0 Å². The van der Waals surface area contributed by atoms with Gasteiger partial charge in [0.05, 0.1) is 0 Å². The molecular formula is C16H20N2O3. The molecule has 0 heterocycles. The van der Waals surface area contributed by atoms with E-state index in [-0.39, 0.29) is 0 Å². The first-order valence-corrected chi connectivity index (χ1v) is 6.63. The number of alkyl carbamates (subject to hydrolysis) is 1. The van der Waals surface area contributed by atoms with Crippen molar-refractivity contribution in [3.05, 3.63) is 35.4 Å². The van der Waals surface area contributed by atoms with Crippen molar-refractivity contribution in [3.8, 4) is 11.8 Å². The van der Waals surface area contributed by atoms with Crippen molar-refractivity contribution in [1.29, 1.82) is 0 Å². The fourth-order valence-corrected chi connectivity index (χ4v) is 1.46. The zero-order valence-electron chi connectivity index (χ0n) is 12.5. The fourth-order valence-electron chi connectivity index (χ4n) is 1.46. The Morgan fingerprint density at radius 3 is 2.67 bits per heavy atom. The van der Waals surface area contributed by atoms with Crippen LogP contribution in [0, 0.1) is 11.8 Å². The molecule has 5 heteroatoms. The highest BCUT2D eigenvalue weighted by Crippen LogP contribution is 2.06. The van der Waals surface area contributed by atoms with Gasteiger partial charge in [0, 0.05) is 24.1 Å². The molecule has 112 valence electrons. The Kier molecular flexibility index (Phi) is 5.79. The highest BCUT2D eigenvalue weighted by Gasteiger charge is 2.15. The van der Waals surface area contributed by atoms with Gasteiger partial charge in [0.15, 0.2) is 0 Å². The second-order valence-electron chi connectivity index (χ2n) is 5.43. The molecule has 21 heavy (non-hydrogen) atoms. The van der Waals surface area contributed by atoms with E-state index in [1.54, 1.807) is 45.0 Å².